The fourth-order valence-electron chi connectivity index (χ4n) is 2.76. The predicted octanol–water partition coefficient (Wildman–Crippen LogP) is 5.36. The zero-order valence-corrected chi connectivity index (χ0v) is 17.5. The van der Waals surface area contributed by atoms with E-state index in [2.05, 4.69) is 31.3 Å². The molecular weight excluding hydrogens is 404 g/mol. The number of carbonyl (C=O) groups is 2. The minimum Gasteiger partial charge on any atom is -0.478 e. The number of halogens is 1. The summed E-state index contributed by atoms with van der Waals surface area (Å²) < 4.78 is 5.65. The molecule has 0 aliphatic rings. The fourth-order valence-corrected chi connectivity index (χ4v) is 2.96. The van der Waals surface area contributed by atoms with Gasteiger partial charge in [0.1, 0.15) is 11.5 Å². The van der Waals surface area contributed by atoms with Gasteiger partial charge >= 0.3 is 5.97 Å². The van der Waals surface area contributed by atoms with Crippen molar-refractivity contribution in [3.05, 3.63) is 82.1 Å². The summed E-state index contributed by atoms with van der Waals surface area (Å²) in [6, 6.07) is 15.3. The highest BCUT2D eigenvalue weighted by Crippen LogP contribution is 2.26. The van der Waals surface area contributed by atoms with Gasteiger partial charge in [0.15, 0.2) is 0 Å². The Morgan fingerprint density at radius 2 is 1.77 bits per heavy atom. The Morgan fingerprint density at radius 3 is 2.40 bits per heavy atom. The largest absolute Gasteiger partial charge is 0.478 e. The summed E-state index contributed by atoms with van der Waals surface area (Å²) in [5.74, 6) is -0.587. The summed E-state index contributed by atoms with van der Waals surface area (Å²) >= 11 is 5.89. The molecule has 154 valence electrons. The predicted molar refractivity (Wildman–Crippen MR) is 116 cm³/mol. The molecule has 0 radical (unpaired) electrons. The molecule has 6 nitrogen and oxygen atoms in total. The number of carboxylic acids is 1. The highest BCUT2D eigenvalue weighted by Gasteiger charge is 2.14. The molecule has 3 rings (SSSR count). The summed E-state index contributed by atoms with van der Waals surface area (Å²) in [6.07, 6.45) is 1.37. The Hall–Kier alpha value is -3.38. The molecule has 1 amide bonds. The van der Waals surface area contributed by atoms with E-state index in [4.69, 9.17) is 16.0 Å². The van der Waals surface area contributed by atoms with E-state index in [0.29, 0.717) is 22.6 Å². The van der Waals surface area contributed by atoms with Gasteiger partial charge in [0.2, 0.25) is 0 Å². The third-order valence-electron chi connectivity index (χ3n) is 4.48. The number of hydrogen-bond donors (Lipinski definition) is 2. The number of rotatable bonds is 5. The number of hydrazone groups is 1. The smallest absolute Gasteiger partial charge is 0.337 e. The molecule has 7 heteroatoms. The molecule has 0 spiro atoms. The molecule has 1 aromatic heterocycles. The number of aromatic carboxylic acids is 1. The topological polar surface area (TPSA) is 91.9 Å². The van der Waals surface area contributed by atoms with Crippen LogP contribution in [0.15, 0.2) is 64.1 Å². The van der Waals surface area contributed by atoms with Gasteiger partial charge in [-0.3, -0.25) is 4.79 Å². The van der Waals surface area contributed by atoms with Crippen LogP contribution in [0, 0.1) is 0 Å². The van der Waals surface area contributed by atoms with Gasteiger partial charge in [0.25, 0.3) is 5.91 Å². The molecule has 1 heterocycles. The van der Waals surface area contributed by atoms with E-state index in [9.17, 15) is 14.7 Å². The van der Waals surface area contributed by atoms with Crippen molar-refractivity contribution in [1.82, 2.24) is 5.43 Å². The van der Waals surface area contributed by atoms with Crippen molar-refractivity contribution in [3.8, 4) is 11.3 Å². The summed E-state index contributed by atoms with van der Waals surface area (Å²) in [5, 5.41) is 13.3. The molecule has 0 aliphatic carbocycles. The normalized spacial score (nSPS) is 11.6. The molecule has 3 aromatic rings. The van der Waals surface area contributed by atoms with E-state index in [0.717, 1.165) is 5.56 Å². The molecule has 30 heavy (non-hydrogen) atoms. The molecule has 0 unspecified atom stereocenters. The van der Waals surface area contributed by atoms with E-state index in [-0.39, 0.29) is 21.9 Å². The number of hydrogen-bond acceptors (Lipinski definition) is 4. The second-order valence-corrected chi connectivity index (χ2v) is 8.14. The zero-order chi connectivity index (χ0) is 21.9. The lowest BCUT2D eigenvalue weighted by Gasteiger charge is -2.18. The standard InChI is InChI=1S/C23H21ClN2O4/c1-23(2,3)16-7-4-14(5-8-16)21(27)26-25-13-17-9-11-20(30-17)15-6-10-19(24)18(12-15)22(28)29/h4-13H,1-3H3,(H,26,27)(H,28,29)/b25-13-. The van der Waals surface area contributed by atoms with Crippen LogP contribution in [-0.4, -0.2) is 23.2 Å². The van der Waals surface area contributed by atoms with Crippen LogP contribution in [0.25, 0.3) is 11.3 Å². The molecular formula is C23H21ClN2O4. The van der Waals surface area contributed by atoms with Crippen LogP contribution in [0.4, 0.5) is 0 Å². The molecule has 0 bridgehead atoms. The second-order valence-electron chi connectivity index (χ2n) is 7.73. The van der Waals surface area contributed by atoms with Gasteiger partial charge < -0.3 is 9.52 Å². The Balaban J connectivity index is 1.67. The fraction of sp³-hybridized carbons (Fsp3) is 0.174. The highest BCUT2D eigenvalue weighted by molar-refractivity contribution is 6.33. The van der Waals surface area contributed by atoms with Gasteiger partial charge in [-0.25, -0.2) is 10.2 Å². The van der Waals surface area contributed by atoms with E-state index in [1.807, 2.05) is 12.1 Å². The minimum atomic E-state index is -1.12. The summed E-state index contributed by atoms with van der Waals surface area (Å²) in [7, 11) is 0. The van der Waals surface area contributed by atoms with Crippen LogP contribution in [0.2, 0.25) is 5.02 Å². The SMILES string of the molecule is CC(C)(C)c1ccc(C(=O)N/N=C\c2ccc(-c3ccc(Cl)c(C(=O)O)c3)o2)cc1. The van der Waals surface area contributed by atoms with Crippen molar-refractivity contribution in [2.45, 2.75) is 26.2 Å². The van der Waals surface area contributed by atoms with E-state index in [1.54, 1.807) is 30.3 Å². The maximum atomic E-state index is 12.2. The lowest BCUT2D eigenvalue weighted by atomic mass is 9.87. The third-order valence-corrected chi connectivity index (χ3v) is 4.81. The average Bonchev–Trinajstić information content (AvgIpc) is 3.16. The van der Waals surface area contributed by atoms with Gasteiger partial charge in [-0.2, -0.15) is 5.10 Å². The van der Waals surface area contributed by atoms with Crippen LogP contribution >= 0.6 is 11.6 Å². The minimum absolute atomic E-state index is 0.00877. The Morgan fingerprint density at radius 1 is 1.07 bits per heavy atom. The van der Waals surface area contributed by atoms with Crippen molar-refractivity contribution in [3.63, 3.8) is 0 Å². The number of amides is 1. The summed E-state index contributed by atoms with van der Waals surface area (Å²) in [6.45, 7) is 6.32. The molecule has 0 saturated carbocycles. The Bertz CT molecular complexity index is 1110. The average molecular weight is 425 g/mol. The lowest BCUT2D eigenvalue weighted by molar-refractivity contribution is 0.0697. The van der Waals surface area contributed by atoms with Crippen LogP contribution in [-0.2, 0) is 5.41 Å². The first-order valence-electron chi connectivity index (χ1n) is 9.22. The maximum absolute atomic E-state index is 12.2. The first-order chi connectivity index (χ1) is 14.1. The number of carbonyl (C=O) groups excluding carboxylic acids is 1. The maximum Gasteiger partial charge on any atom is 0.337 e. The van der Waals surface area contributed by atoms with Gasteiger partial charge in [-0.1, -0.05) is 44.5 Å². The van der Waals surface area contributed by atoms with Crippen LogP contribution in [0.3, 0.4) is 0 Å². The third kappa shape index (κ3) is 4.96. The second kappa shape index (κ2) is 8.55. The summed E-state index contributed by atoms with van der Waals surface area (Å²) in [5.41, 5.74) is 4.68. The molecule has 0 aliphatic heterocycles. The van der Waals surface area contributed by atoms with Crippen molar-refractivity contribution >= 4 is 29.7 Å². The van der Waals surface area contributed by atoms with Crippen molar-refractivity contribution in [2.24, 2.45) is 5.10 Å². The van der Waals surface area contributed by atoms with E-state index >= 15 is 0 Å². The van der Waals surface area contributed by atoms with Crippen molar-refractivity contribution in [1.29, 1.82) is 0 Å². The van der Waals surface area contributed by atoms with Crippen LogP contribution in [0.1, 0.15) is 52.8 Å². The van der Waals surface area contributed by atoms with Gasteiger partial charge in [0, 0.05) is 11.1 Å². The molecule has 2 N–H and O–H groups in total. The number of furan rings is 1. The first kappa shape index (κ1) is 21.3. The quantitative estimate of drug-likeness (QED) is 0.426. The highest BCUT2D eigenvalue weighted by atomic mass is 35.5. The number of nitrogens with zero attached hydrogens (tertiary/aromatic N) is 1. The Labute approximate surface area is 179 Å². The van der Waals surface area contributed by atoms with Crippen molar-refractivity contribution in [2.75, 3.05) is 0 Å². The first-order valence-corrected chi connectivity index (χ1v) is 9.60. The zero-order valence-electron chi connectivity index (χ0n) is 16.8. The van der Waals surface area contributed by atoms with Gasteiger partial charge in [0.05, 0.1) is 16.8 Å². The summed E-state index contributed by atoms with van der Waals surface area (Å²) in [4.78, 5) is 23.5. The van der Waals surface area contributed by atoms with Crippen LogP contribution < -0.4 is 5.43 Å². The van der Waals surface area contributed by atoms with Crippen LogP contribution in [0.5, 0.6) is 0 Å². The molecule has 0 fully saturated rings. The molecule has 0 atom stereocenters. The van der Waals surface area contributed by atoms with Gasteiger partial charge in [-0.15, -0.1) is 0 Å². The molecule has 0 saturated heterocycles. The number of nitrogens with one attached hydrogen (secondary N) is 1. The monoisotopic (exact) mass is 424 g/mol. The van der Waals surface area contributed by atoms with Gasteiger partial charge in [-0.05, 0) is 53.4 Å². The number of carboxylic acid groups (broad SMARTS) is 1. The number of benzene rings is 2. The van der Waals surface area contributed by atoms with E-state index < -0.39 is 5.97 Å². The van der Waals surface area contributed by atoms with E-state index in [1.165, 1.54) is 18.3 Å². The van der Waals surface area contributed by atoms with Crippen molar-refractivity contribution < 1.29 is 19.1 Å². The lowest BCUT2D eigenvalue weighted by Crippen LogP contribution is -2.18. The molecule has 2 aromatic carbocycles. The Kier molecular flexibility index (Phi) is 6.08.